The first-order valence-corrected chi connectivity index (χ1v) is 13.1. The molecular weight excluding hydrogens is 408 g/mol. The minimum atomic E-state index is -2.90. The molecule has 1 aliphatic carbocycles. The third-order valence-corrected chi connectivity index (χ3v) is 9.04. The van der Waals surface area contributed by atoms with Crippen molar-refractivity contribution in [3.8, 4) is 0 Å². The highest BCUT2D eigenvalue weighted by atomic mass is 32.2. The SMILES string of the molecule is Cc1c(C(=O)NC2CCCCCC2)sc2ncnc(NCC3CCS(=O)(=O)C3)c12. The number of amides is 1. The largest absolute Gasteiger partial charge is 0.369 e. The smallest absolute Gasteiger partial charge is 0.261 e. The molecule has 1 atom stereocenters. The van der Waals surface area contributed by atoms with Gasteiger partial charge in [0.25, 0.3) is 5.91 Å². The Bertz CT molecular complexity index is 995. The molecule has 0 spiro atoms. The number of aryl methyl sites for hydroxylation is 1. The second-order valence-electron chi connectivity index (χ2n) is 8.27. The summed E-state index contributed by atoms with van der Waals surface area (Å²) in [5, 5.41) is 7.39. The van der Waals surface area contributed by atoms with Gasteiger partial charge in [0.15, 0.2) is 9.84 Å². The van der Waals surface area contributed by atoms with Crippen molar-refractivity contribution >= 4 is 43.1 Å². The van der Waals surface area contributed by atoms with E-state index in [1.165, 1.54) is 43.3 Å². The highest BCUT2D eigenvalue weighted by molar-refractivity contribution is 7.91. The van der Waals surface area contributed by atoms with Gasteiger partial charge in [-0.05, 0) is 37.7 Å². The molecule has 0 aromatic carbocycles. The van der Waals surface area contributed by atoms with Crippen LogP contribution in [0.15, 0.2) is 6.33 Å². The zero-order valence-electron chi connectivity index (χ0n) is 16.7. The number of hydrogen-bond acceptors (Lipinski definition) is 7. The Kier molecular flexibility index (Phi) is 6.06. The van der Waals surface area contributed by atoms with Gasteiger partial charge in [0.2, 0.25) is 0 Å². The molecule has 2 aliphatic rings. The Labute approximate surface area is 175 Å². The van der Waals surface area contributed by atoms with E-state index in [4.69, 9.17) is 0 Å². The van der Waals surface area contributed by atoms with Crippen LogP contribution in [0.1, 0.15) is 60.2 Å². The highest BCUT2D eigenvalue weighted by Gasteiger charge is 2.28. The van der Waals surface area contributed by atoms with Crippen LogP contribution in [0, 0.1) is 12.8 Å². The van der Waals surface area contributed by atoms with Crippen LogP contribution < -0.4 is 10.6 Å². The summed E-state index contributed by atoms with van der Waals surface area (Å²) in [5.41, 5.74) is 0.887. The molecule has 1 saturated carbocycles. The molecule has 4 rings (SSSR count). The number of thiophene rings is 1. The summed E-state index contributed by atoms with van der Waals surface area (Å²) in [6.07, 6.45) is 9.13. The molecule has 1 unspecified atom stereocenters. The fourth-order valence-electron chi connectivity index (χ4n) is 4.37. The number of aromatic nitrogens is 2. The molecule has 2 fully saturated rings. The Balaban J connectivity index is 1.51. The minimum Gasteiger partial charge on any atom is -0.369 e. The monoisotopic (exact) mass is 436 g/mol. The molecule has 2 N–H and O–H groups in total. The maximum absolute atomic E-state index is 12.9. The molecule has 0 bridgehead atoms. The quantitative estimate of drug-likeness (QED) is 0.698. The van der Waals surface area contributed by atoms with Gasteiger partial charge in [0.05, 0.1) is 21.8 Å². The molecule has 9 heteroatoms. The topological polar surface area (TPSA) is 101 Å². The highest BCUT2D eigenvalue weighted by Crippen LogP contribution is 2.34. The van der Waals surface area contributed by atoms with Gasteiger partial charge in [0.1, 0.15) is 17.0 Å². The lowest BCUT2D eigenvalue weighted by Crippen LogP contribution is -2.34. The third-order valence-electron chi connectivity index (χ3n) is 6.01. The Hall–Kier alpha value is -1.74. The number of nitrogens with one attached hydrogen (secondary N) is 2. The van der Waals surface area contributed by atoms with E-state index in [-0.39, 0.29) is 29.4 Å². The molecule has 7 nitrogen and oxygen atoms in total. The van der Waals surface area contributed by atoms with Gasteiger partial charge >= 0.3 is 0 Å². The summed E-state index contributed by atoms with van der Waals surface area (Å²) >= 11 is 1.40. The van der Waals surface area contributed by atoms with Gasteiger partial charge < -0.3 is 10.6 Å². The van der Waals surface area contributed by atoms with Crippen LogP contribution in [0.3, 0.4) is 0 Å². The van der Waals surface area contributed by atoms with E-state index in [0.717, 1.165) is 28.6 Å². The molecule has 0 radical (unpaired) electrons. The molecule has 158 valence electrons. The van der Waals surface area contributed by atoms with Crippen molar-refractivity contribution in [1.82, 2.24) is 15.3 Å². The number of sulfone groups is 1. The van der Waals surface area contributed by atoms with Crippen molar-refractivity contribution in [2.24, 2.45) is 5.92 Å². The fraction of sp³-hybridized carbons (Fsp3) is 0.650. The number of nitrogens with zero attached hydrogens (tertiary/aromatic N) is 2. The minimum absolute atomic E-state index is 0.0229. The Morgan fingerprint density at radius 1 is 1.17 bits per heavy atom. The standard InChI is InChI=1S/C20H28N4O3S2/c1-13-16-18(21-10-14-8-9-29(26,27)11-14)22-12-23-20(16)28-17(13)19(25)24-15-6-4-2-3-5-7-15/h12,14-15H,2-11H2,1H3,(H,24,25)(H,21,22,23). The van der Waals surface area contributed by atoms with Crippen molar-refractivity contribution in [1.29, 1.82) is 0 Å². The normalized spacial score (nSPS) is 22.4. The lowest BCUT2D eigenvalue weighted by atomic mass is 10.1. The van der Waals surface area contributed by atoms with E-state index >= 15 is 0 Å². The van der Waals surface area contributed by atoms with Crippen LogP contribution in [0.4, 0.5) is 5.82 Å². The summed E-state index contributed by atoms with van der Waals surface area (Å²) in [7, 11) is -2.90. The Morgan fingerprint density at radius 3 is 2.62 bits per heavy atom. The van der Waals surface area contributed by atoms with Crippen LogP contribution >= 0.6 is 11.3 Å². The molecular formula is C20H28N4O3S2. The average Bonchev–Trinajstić information content (AvgIpc) is 3.09. The molecule has 1 amide bonds. The zero-order chi connectivity index (χ0) is 20.4. The fourth-order valence-corrected chi connectivity index (χ4v) is 7.28. The maximum atomic E-state index is 12.9. The van der Waals surface area contributed by atoms with Gasteiger partial charge in [-0.2, -0.15) is 0 Å². The van der Waals surface area contributed by atoms with Crippen molar-refractivity contribution in [2.75, 3.05) is 23.4 Å². The van der Waals surface area contributed by atoms with Crippen LogP contribution in [0.5, 0.6) is 0 Å². The van der Waals surface area contributed by atoms with E-state index in [1.807, 2.05) is 6.92 Å². The lowest BCUT2D eigenvalue weighted by Gasteiger charge is -2.15. The second-order valence-corrected chi connectivity index (χ2v) is 11.5. The first-order chi connectivity index (χ1) is 13.9. The van der Waals surface area contributed by atoms with Crippen molar-refractivity contribution < 1.29 is 13.2 Å². The predicted molar refractivity (Wildman–Crippen MR) is 116 cm³/mol. The van der Waals surface area contributed by atoms with Crippen molar-refractivity contribution in [2.45, 2.75) is 57.9 Å². The third kappa shape index (κ3) is 4.71. The number of fused-ring (bicyclic) bond motifs is 1. The average molecular weight is 437 g/mol. The van der Waals surface area contributed by atoms with Crippen molar-refractivity contribution in [3.63, 3.8) is 0 Å². The van der Waals surface area contributed by atoms with Gasteiger partial charge in [0, 0.05) is 12.6 Å². The number of hydrogen-bond donors (Lipinski definition) is 2. The van der Waals surface area contributed by atoms with Gasteiger partial charge in [-0.25, -0.2) is 18.4 Å². The van der Waals surface area contributed by atoms with E-state index < -0.39 is 9.84 Å². The predicted octanol–water partition coefficient (Wildman–Crippen LogP) is 3.30. The number of rotatable bonds is 5. The molecule has 29 heavy (non-hydrogen) atoms. The summed E-state index contributed by atoms with van der Waals surface area (Å²) in [6.45, 7) is 2.50. The summed E-state index contributed by atoms with van der Waals surface area (Å²) in [4.78, 5) is 23.1. The van der Waals surface area contributed by atoms with E-state index in [2.05, 4.69) is 20.6 Å². The van der Waals surface area contributed by atoms with Crippen molar-refractivity contribution in [3.05, 3.63) is 16.8 Å². The second kappa shape index (κ2) is 8.55. The maximum Gasteiger partial charge on any atom is 0.261 e. The first-order valence-electron chi connectivity index (χ1n) is 10.4. The van der Waals surface area contributed by atoms with E-state index in [9.17, 15) is 13.2 Å². The molecule has 1 aliphatic heterocycles. The van der Waals surface area contributed by atoms with Gasteiger partial charge in [-0.3, -0.25) is 4.79 Å². The van der Waals surface area contributed by atoms with Crippen LogP contribution in [-0.2, 0) is 9.84 Å². The van der Waals surface area contributed by atoms with E-state index in [1.54, 1.807) is 0 Å². The van der Waals surface area contributed by atoms with Gasteiger partial charge in [-0.15, -0.1) is 11.3 Å². The number of anilines is 1. The Morgan fingerprint density at radius 2 is 1.93 bits per heavy atom. The van der Waals surface area contributed by atoms with Crippen LogP contribution in [0.25, 0.3) is 10.2 Å². The van der Waals surface area contributed by atoms with Gasteiger partial charge in [-0.1, -0.05) is 25.7 Å². The van der Waals surface area contributed by atoms with E-state index in [0.29, 0.717) is 23.7 Å². The number of carbonyl (C=O) groups excluding carboxylic acids is 1. The van der Waals surface area contributed by atoms with Crippen LogP contribution in [0.2, 0.25) is 0 Å². The number of carbonyl (C=O) groups is 1. The summed E-state index contributed by atoms with van der Waals surface area (Å²) in [5.74, 6) is 1.25. The molecule has 2 aromatic rings. The lowest BCUT2D eigenvalue weighted by molar-refractivity contribution is 0.0937. The first kappa shape index (κ1) is 20.5. The molecule has 1 saturated heterocycles. The summed E-state index contributed by atoms with van der Waals surface area (Å²) in [6, 6.07) is 0.252. The molecule has 3 heterocycles. The molecule has 2 aromatic heterocycles. The summed E-state index contributed by atoms with van der Waals surface area (Å²) < 4.78 is 23.4. The van der Waals surface area contributed by atoms with Crippen LogP contribution in [-0.4, -0.2) is 48.4 Å². The zero-order valence-corrected chi connectivity index (χ0v) is 18.4.